The van der Waals surface area contributed by atoms with Gasteiger partial charge in [0.1, 0.15) is 5.76 Å². The van der Waals surface area contributed by atoms with Crippen molar-refractivity contribution in [2.24, 2.45) is 0 Å². The lowest BCUT2D eigenvalue weighted by Gasteiger charge is -2.10. The Labute approximate surface area is 152 Å². The molecule has 0 aliphatic carbocycles. The second kappa shape index (κ2) is 7.66. The molecule has 0 atom stereocenters. The molecule has 128 valence electrons. The van der Waals surface area contributed by atoms with Crippen LogP contribution >= 0.6 is 0 Å². The number of anilines is 2. The molecule has 0 fully saturated rings. The second-order valence-electron chi connectivity index (χ2n) is 6.01. The maximum atomic E-state index is 5.57. The molecular formula is C22H19N3O. The van der Waals surface area contributed by atoms with Crippen LogP contribution in [0.5, 0.6) is 0 Å². The molecule has 1 N–H and O–H groups in total. The third-order valence-electron chi connectivity index (χ3n) is 4.18. The number of hydrogen-bond acceptors (Lipinski definition) is 4. The first kappa shape index (κ1) is 16.1. The van der Waals surface area contributed by atoms with Crippen LogP contribution < -0.4 is 5.32 Å². The maximum Gasteiger partial charge on any atom is 0.227 e. The van der Waals surface area contributed by atoms with E-state index in [1.54, 1.807) is 6.26 Å². The Balaban J connectivity index is 1.62. The van der Waals surface area contributed by atoms with Gasteiger partial charge in [0.05, 0.1) is 17.5 Å². The molecule has 2 aromatic heterocycles. The van der Waals surface area contributed by atoms with Gasteiger partial charge in [-0.15, -0.1) is 0 Å². The number of aromatic nitrogens is 2. The van der Waals surface area contributed by atoms with E-state index in [9.17, 15) is 0 Å². The van der Waals surface area contributed by atoms with Crippen LogP contribution in [-0.4, -0.2) is 9.97 Å². The number of nitrogens with one attached hydrogen (secondary N) is 1. The molecule has 4 nitrogen and oxygen atoms in total. The quantitative estimate of drug-likeness (QED) is 0.519. The predicted octanol–water partition coefficient (Wildman–Crippen LogP) is 5.27. The summed E-state index contributed by atoms with van der Waals surface area (Å²) >= 11 is 0. The first-order valence-electron chi connectivity index (χ1n) is 8.64. The minimum atomic E-state index is 0.592. The van der Waals surface area contributed by atoms with E-state index in [1.165, 1.54) is 5.56 Å². The van der Waals surface area contributed by atoms with E-state index in [-0.39, 0.29) is 0 Å². The van der Waals surface area contributed by atoms with Gasteiger partial charge < -0.3 is 9.73 Å². The summed E-state index contributed by atoms with van der Waals surface area (Å²) in [7, 11) is 0. The molecule has 2 aromatic carbocycles. The van der Waals surface area contributed by atoms with Gasteiger partial charge in [0.25, 0.3) is 0 Å². The Hall–Kier alpha value is -3.40. The van der Waals surface area contributed by atoms with Gasteiger partial charge in [-0.3, -0.25) is 0 Å². The van der Waals surface area contributed by atoms with Crippen molar-refractivity contribution in [2.45, 2.75) is 12.8 Å². The van der Waals surface area contributed by atoms with Crippen LogP contribution in [0.3, 0.4) is 0 Å². The fourth-order valence-electron chi connectivity index (χ4n) is 2.86. The molecule has 0 unspecified atom stereocenters. The first-order chi connectivity index (χ1) is 12.9. The largest absolute Gasteiger partial charge is 0.464 e. The number of rotatable bonds is 6. The third-order valence-corrected chi connectivity index (χ3v) is 4.18. The smallest absolute Gasteiger partial charge is 0.227 e. The molecular weight excluding hydrogens is 322 g/mol. The zero-order chi connectivity index (χ0) is 17.6. The SMILES string of the molecule is c1ccc(CCc2nc(Nc3ccccc3)ncc2-c2ccco2)cc1. The molecule has 26 heavy (non-hydrogen) atoms. The maximum absolute atomic E-state index is 5.57. The average molecular weight is 341 g/mol. The van der Waals surface area contributed by atoms with Crippen molar-refractivity contribution in [1.29, 1.82) is 0 Å². The third kappa shape index (κ3) is 3.81. The van der Waals surface area contributed by atoms with E-state index in [0.29, 0.717) is 5.95 Å². The van der Waals surface area contributed by atoms with Crippen molar-refractivity contribution in [3.05, 3.63) is 96.5 Å². The molecule has 4 rings (SSSR count). The molecule has 0 bridgehead atoms. The Morgan fingerprint density at radius 2 is 1.58 bits per heavy atom. The second-order valence-corrected chi connectivity index (χ2v) is 6.01. The minimum Gasteiger partial charge on any atom is -0.464 e. The van der Waals surface area contributed by atoms with Crippen molar-refractivity contribution < 1.29 is 4.42 Å². The minimum absolute atomic E-state index is 0.592. The summed E-state index contributed by atoms with van der Waals surface area (Å²) in [4.78, 5) is 9.22. The first-order valence-corrected chi connectivity index (χ1v) is 8.64. The highest BCUT2D eigenvalue weighted by atomic mass is 16.3. The van der Waals surface area contributed by atoms with Crippen LogP contribution in [0.1, 0.15) is 11.3 Å². The van der Waals surface area contributed by atoms with Gasteiger partial charge >= 0.3 is 0 Å². The molecule has 4 heteroatoms. The lowest BCUT2D eigenvalue weighted by Crippen LogP contribution is -2.03. The van der Waals surface area contributed by atoms with E-state index < -0.39 is 0 Å². The molecule has 2 heterocycles. The zero-order valence-corrected chi connectivity index (χ0v) is 14.3. The van der Waals surface area contributed by atoms with Crippen molar-refractivity contribution in [3.63, 3.8) is 0 Å². The van der Waals surface area contributed by atoms with E-state index in [1.807, 2.05) is 54.7 Å². The number of hydrogen-bond donors (Lipinski definition) is 1. The monoisotopic (exact) mass is 341 g/mol. The van der Waals surface area contributed by atoms with Gasteiger partial charge in [-0.05, 0) is 42.7 Å². The fourth-order valence-corrected chi connectivity index (χ4v) is 2.86. The van der Waals surface area contributed by atoms with E-state index in [4.69, 9.17) is 9.40 Å². The Bertz CT molecular complexity index is 951. The fraction of sp³-hybridized carbons (Fsp3) is 0.0909. The van der Waals surface area contributed by atoms with Crippen LogP contribution in [0.15, 0.2) is 89.7 Å². The molecule has 0 amide bonds. The Kier molecular flexibility index (Phi) is 4.74. The van der Waals surface area contributed by atoms with Crippen molar-refractivity contribution in [1.82, 2.24) is 9.97 Å². The van der Waals surface area contributed by atoms with Crippen LogP contribution in [0.4, 0.5) is 11.6 Å². The number of para-hydroxylation sites is 1. The van der Waals surface area contributed by atoms with Crippen LogP contribution in [0, 0.1) is 0 Å². The highest BCUT2D eigenvalue weighted by Crippen LogP contribution is 2.25. The zero-order valence-electron chi connectivity index (χ0n) is 14.3. The summed E-state index contributed by atoms with van der Waals surface area (Å²) in [5.74, 6) is 1.38. The lowest BCUT2D eigenvalue weighted by atomic mass is 10.0. The summed E-state index contributed by atoms with van der Waals surface area (Å²) in [6.45, 7) is 0. The predicted molar refractivity (Wildman–Crippen MR) is 103 cm³/mol. The summed E-state index contributed by atoms with van der Waals surface area (Å²) in [5.41, 5.74) is 4.16. The van der Waals surface area contributed by atoms with E-state index >= 15 is 0 Å². The van der Waals surface area contributed by atoms with Gasteiger partial charge in [-0.2, -0.15) is 0 Å². The van der Waals surface area contributed by atoms with E-state index in [0.717, 1.165) is 35.5 Å². The topological polar surface area (TPSA) is 51.0 Å². The Morgan fingerprint density at radius 1 is 0.808 bits per heavy atom. The number of nitrogens with zero attached hydrogens (tertiary/aromatic N) is 2. The summed E-state index contributed by atoms with van der Waals surface area (Å²) in [5, 5.41) is 3.26. The summed E-state index contributed by atoms with van der Waals surface area (Å²) < 4.78 is 5.57. The van der Waals surface area contributed by atoms with E-state index in [2.05, 4.69) is 34.6 Å². The normalized spacial score (nSPS) is 10.6. The van der Waals surface area contributed by atoms with Crippen LogP contribution in [0.2, 0.25) is 0 Å². The molecule has 0 radical (unpaired) electrons. The highest BCUT2D eigenvalue weighted by molar-refractivity contribution is 5.62. The molecule has 4 aromatic rings. The lowest BCUT2D eigenvalue weighted by molar-refractivity contribution is 0.580. The molecule has 0 saturated carbocycles. The number of benzene rings is 2. The van der Waals surface area contributed by atoms with Gasteiger partial charge in [0, 0.05) is 11.9 Å². The van der Waals surface area contributed by atoms with Gasteiger partial charge in [-0.1, -0.05) is 48.5 Å². The molecule has 0 aliphatic rings. The Morgan fingerprint density at radius 3 is 2.31 bits per heavy atom. The summed E-state index contributed by atoms with van der Waals surface area (Å²) in [6.07, 6.45) is 5.23. The van der Waals surface area contributed by atoms with Crippen molar-refractivity contribution in [3.8, 4) is 11.3 Å². The number of furan rings is 1. The van der Waals surface area contributed by atoms with Crippen LogP contribution in [0.25, 0.3) is 11.3 Å². The van der Waals surface area contributed by atoms with Crippen molar-refractivity contribution in [2.75, 3.05) is 5.32 Å². The number of aryl methyl sites for hydroxylation is 2. The molecule has 0 aliphatic heterocycles. The highest BCUT2D eigenvalue weighted by Gasteiger charge is 2.12. The van der Waals surface area contributed by atoms with Gasteiger partial charge in [-0.25, -0.2) is 9.97 Å². The standard InChI is InChI=1S/C22H19N3O/c1-3-8-17(9-4-1)13-14-20-19(21-12-7-15-26-21)16-23-22(25-20)24-18-10-5-2-6-11-18/h1-12,15-16H,13-14H2,(H,23,24,25). The average Bonchev–Trinajstić information content (AvgIpc) is 3.23. The molecule has 0 spiro atoms. The van der Waals surface area contributed by atoms with Crippen LogP contribution in [-0.2, 0) is 12.8 Å². The molecule has 0 saturated heterocycles. The van der Waals surface area contributed by atoms with Crippen molar-refractivity contribution >= 4 is 11.6 Å². The van der Waals surface area contributed by atoms with Gasteiger partial charge in [0.15, 0.2) is 0 Å². The van der Waals surface area contributed by atoms with Gasteiger partial charge in [0.2, 0.25) is 5.95 Å². The summed E-state index contributed by atoms with van der Waals surface area (Å²) in [6, 6.07) is 24.2.